The lowest BCUT2D eigenvalue weighted by molar-refractivity contribution is 0.425. The van der Waals surface area contributed by atoms with Crippen molar-refractivity contribution in [1.29, 1.82) is 0 Å². The number of nitrogens with one attached hydrogen (secondary N) is 1. The third-order valence-corrected chi connectivity index (χ3v) is 6.01. The van der Waals surface area contributed by atoms with E-state index in [0.29, 0.717) is 21.9 Å². The Balaban J connectivity index is 1.85. The number of halogens is 2. The van der Waals surface area contributed by atoms with E-state index in [1.807, 2.05) is 12.1 Å². The molecule has 0 aromatic heterocycles. The molecule has 0 radical (unpaired) electrons. The fraction of sp³-hybridized carbons (Fsp3) is 0.300. The lowest BCUT2D eigenvalue weighted by atomic mass is 9.76. The lowest BCUT2D eigenvalue weighted by Crippen LogP contribution is -2.30. The van der Waals surface area contributed by atoms with E-state index in [1.54, 1.807) is 0 Å². The molecular formula is C20H19Cl2N. The van der Waals surface area contributed by atoms with Crippen LogP contribution in [-0.4, -0.2) is 0 Å². The monoisotopic (exact) mass is 343 g/mol. The molecule has 1 aliphatic heterocycles. The minimum atomic E-state index is 0.196. The molecule has 2 aromatic rings. The number of para-hydroxylation sites is 1. The molecule has 0 spiro atoms. The van der Waals surface area contributed by atoms with Gasteiger partial charge in [0.2, 0.25) is 0 Å². The van der Waals surface area contributed by atoms with Gasteiger partial charge in [0, 0.05) is 11.6 Å². The summed E-state index contributed by atoms with van der Waals surface area (Å²) < 4.78 is 0. The Morgan fingerprint density at radius 3 is 2.70 bits per heavy atom. The smallest absolute Gasteiger partial charge is 0.0645 e. The Hall–Kier alpha value is -1.44. The Kier molecular flexibility index (Phi) is 3.87. The van der Waals surface area contributed by atoms with E-state index in [0.717, 1.165) is 18.4 Å². The van der Waals surface area contributed by atoms with Crippen LogP contribution in [0.4, 0.5) is 5.69 Å². The largest absolute Gasteiger partial charge is 0.377 e. The van der Waals surface area contributed by atoms with Gasteiger partial charge in [-0.15, -0.1) is 0 Å². The van der Waals surface area contributed by atoms with Crippen molar-refractivity contribution in [2.24, 2.45) is 5.92 Å². The fourth-order valence-corrected chi connectivity index (χ4v) is 4.47. The van der Waals surface area contributed by atoms with Gasteiger partial charge in [-0.1, -0.05) is 72.6 Å². The molecule has 1 N–H and O–H groups in total. The highest BCUT2D eigenvalue weighted by Crippen LogP contribution is 2.52. The van der Waals surface area contributed by atoms with E-state index in [2.05, 4.69) is 48.7 Å². The van der Waals surface area contributed by atoms with Gasteiger partial charge >= 0.3 is 0 Å². The van der Waals surface area contributed by atoms with Gasteiger partial charge < -0.3 is 5.32 Å². The van der Waals surface area contributed by atoms with Gasteiger partial charge in [-0.25, -0.2) is 0 Å². The van der Waals surface area contributed by atoms with E-state index >= 15 is 0 Å². The molecule has 0 saturated heterocycles. The van der Waals surface area contributed by atoms with E-state index in [9.17, 15) is 0 Å². The number of aryl methyl sites for hydroxylation is 1. The van der Waals surface area contributed by atoms with E-state index in [4.69, 9.17) is 23.2 Å². The van der Waals surface area contributed by atoms with Crippen molar-refractivity contribution in [3.8, 4) is 0 Å². The molecule has 2 aromatic carbocycles. The Labute approximate surface area is 147 Å². The van der Waals surface area contributed by atoms with Gasteiger partial charge in [0.05, 0.1) is 16.1 Å². The number of anilines is 1. The number of fused-ring (bicyclic) bond motifs is 3. The highest BCUT2D eigenvalue weighted by molar-refractivity contribution is 6.42. The molecule has 0 saturated carbocycles. The van der Waals surface area contributed by atoms with Crippen LogP contribution in [0.2, 0.25) is 10.0 Å². The summed E-state index contributed by atoms with van der Waals surface area (Å²) in [5.41, 5.74) is 5.17. The van der Waals surface area contributed by atoms with Crippen LogP contribution in [0.3, 0.4) is 0 Å². The number of hydrogen-bond donors (Lipinski definition) is 1. The first-order valence-electron chi connectivity index (χ1n) is 8.19. The minimum Gasteiger partial charge on any atom is -0.377 e. The van der Waals surface area contributed by atoms with Gasteiger partial charge in [-0.05, 0) is 41.5 Å². The maximum absolute atomic E-state index is 6.53. The van der Waals surface area contributed by atoms with Crippen LogP contribution in [0, 0.1) is 5.92 Å². The Morgan fingerprint density at radius 1 is 1.09 bits per heavy atom. The van der Waals surface area contributed by atoms with Crippen molar-refractivity contribution in [1.82, 2.24) is 0 Å². The van der Waals surface area contributed by atoms with E-state index in [1.165, 1.54) is 16.8 Å². The van der Waals surface area contributed by atoms with Crippen LogP contribution in [0.1, 0.15) is 42.0 Å². The quantitative estimate of drug-likeness (QED) is 0.623. The van der Waals surface area contributed by atoms with Gasteiger partial charge in [-0.3, -0.25) is 0 Å². The highest BCUT2D eigenvalue weighted by Gasteiger charge is 2.39. The summed E-state index contributed by atoms with van der Waals surface area (Å²) in [6, 6.07) is 12.8. The topological polar surface area (TPSA) is 12.0 Å². The number of hydrogen-bond acceptors (Lipinski definition) is 1. The molecule has 0 amide bonds. The van der Waals surface area contributed by atoms with Crippen LogP contribution in [0.5, 0.6) is 0 Å². The molecule has 0 fully saturated rings. The zero-order valence-corrected chi connectivity index (χ0v) is 14.5. The second-order valence-electron chi connectivity index (χ2n) is 6.35. The van der Waals surface area contributed by atoms with Gasteiger partial charge in [0.25, 0.3) is 0 Å². The molecule has 0 bridgehead atoms. The third kappa shape index (κ3) is 2.38. The highest BCUT2D eigenvalue weighted by atomic mass is 35.5. The van der Waals surface area contributed by atoms with Crippen molar-refractivity contribution in [2.75, 3.05) is 5.32 Å². The second kappa shape index (κ2) is 5.89. The zero-order chi connectivity index (χ0) is 16.0. The van der Waals surface area contributed by atoms with E-state index in [-0.39, 0.29) is 6.04 Å². The first-order chi connectivity index (χ1) is 11.2. The summed E-state index contributed by atoms with van der Waals surface area (Å²) in [5.74, 6) is 0.948. The first-order valence-corrected chi connectivity index (χ1v) is 8.95. The number of benzene rings is 2. The zero-order valence-electron chi connectivity index (χ0n) is 13.0. The second-order valence-corrected chi connectivity index (χ2v) is 7.14. The van der Waals surface area contributed by atoms with Crippen molar-refractivity contribution in [2.45, 2.75) is 31.7 Å². The molecule has 2 aliphatic rings. The molecule has 3 atom stereocenters. The normalized spacial score (nSPS) is 24.9. The molecule has 1 aliphatic carbocycles. The fourth-order valence-electron chi connectivity index (χ4n) is 4.05. The number of rotatable bonds is 2. The average molecular weight is 344 g/mol. The summed E-state index contributed by atoms with van der Waals surface area (Å²) in [7, 11) is 0. The first kappa shape index (κ1) is 15.1. The molecule has 118 valence electrons. The van der Waals surface area contributed by atoms with Crippen LogP contribution in [-0.2, 0) is 6.42 Å². The summed E-state index contributed by atoms with van der Waals surface area (Å²) in [4.78, 5) is 0. The van der Waals surface area contributed by atoms with Gasteiger partial charge in [0.15, 0.2) is 0 Å². The summed E-state index contributed by atoms with van der Waals surface area (Å²) in [6.45, 7) is 2.20. The van der Waals surface area contributed by atoms with Crippen LogP contribution >= 0.6 is 23.2 Å². The standard InChI is InChI=1S/C20H19Cl2N/c1-2-12-6-3-8-14-13-7-4-9-15(13)20(23-19(12)14)16-10-5-11-17(21)18(16)22/h3-8,10-11,13,15,20,23H,2,9H2,1H3/t13-,15+,20-/m0/s1. The Morgan fingerprint density at radius 2 is 1.87 bits per heavy atom. The predicted molar refractivity (Wildman–Crippen MR) is 98.6 cm³/mol. The minimum absolute atomic E-state index is 0.196. The predicted octanol–water partition coefficient (Wildman–Crippen LogP) is 6.38. The number of allylic oxidation sites excluding steroid dienone is 2. The molecule has 0 unspecified atom stereocenters. The maximum atomic E-state index is 6.53. The van der Waals surface area contributed by atoms with Crippen molar-refractivity contribution in [3.63, 3.8) is 0 Å². The van der Waals surface area contributed by atoms with Gasteiger partial charge in [-0.2, -0.15) is 0 Å². The van der Waals surface area contributed by atoms with Crippen LogP contribution in [0.15, 0.2) is 48.6 Å². The average Bonchev–Trinajstić information content (AvgIpc) is 3.06. The molecule has 1 nitrogen and oxygen atoms in total. The molecule has 4 rings (SSSR count). The summed E-state index contributed by atoms with van der Waals surface area (Å²) in [6.07, 6.45) is 6.75. The van der Waals surface area contributed by atoms with E-state index < -0.39 is 0 Å². The molecule has 23 heavy (non-hydrogen) atoms. The van der Waals surface area contributed by atoms with Crippen LogP contribution in [0.25, 0.3) is 0 Å². The van der Waals surface area contributed by atoms with Crippen molar-refractivity contribution < 1.29 is 0 Å². The lowest BCUT2D eigenvalue weighted by Gasteiger charge is -2.39. The SMILES string of the molecule is CCc1cccc2c1N[C@H](c1cccc(Cl)c1Cl)[C@@H]1CC=C[C@@H]21. The summed E-state index contributed by atoms with van der Waals surface area (Å²) >= 11 is 12.8. The molecular weight excluding hydrogens is 325 g/mol. The molecule has 1 heterocycles. The maximum Gasteiger partial charge on any atom is 0.0645 e. The third-order valence-electron chi connectivity index (χ3n) is 5.18. The van der Waals surface area contributed by atoms with Crippen LogP contribution < -0.4 is 5.32 Å². The van der Waals surface area contributed by atoms with Crippen molar-refractivity contribution >= 4 is 28.9 Å². The molecule has 3 heteroatoms. The Bertz CT molecular complexity index is 781. The van der Waals surface area contributed by atoms with Gasteiger partial charge in [0.1, 0.15) is 0 Å². The summed E-state index contributed by atoms with van der Waals surface area (Å²) in [5, 5.41) is 5.09. The van der Waals surface area contributed by atoms with Crippen molar-refractivity contribution in [3.05, 3.63) is 75.3 Å².